The number of carboxylic acid groups (broad SMARTS) is 1. The van der Waals surface area contributed by atoms with Crippen LogP contribution in [0.3, 0.4) is 0 Å². The number of aromatic nitrogens is 1. The minimum Gasteiger partial charge on any atom is -0.475 e. The van der Waals surface area contributed by atoms with Gasteiger partial charge in [0.15, 0.2) is 0 Å². The van der Waals surface area contributed by atoms with Gasteiger partial charge in [0.05, 0.1) is 11.6 Å². The first-order chi connectivity index (χ1) is 9.20. The molecule has 1 atom stereocenters. The lowest BCUT2D eigenvalue weighted by atomic mass is 9.77. The molecule has 3 rings (SSSR count). The van der Waals surface area contributed by atoms with E-state index < -0.39 is 5.97 Å². The highest BCUT2D eigenvalue weighted by molar-refractivity contribution is 5.85. The molecule has 1 aromatic carbocycles. The van der Waals surface area contributed by atoms with Crippen LogP contribution in [-0.4, -0.2) is 16.1 Å². The van der Waals surface area contributed by atoms with Crippen LogP contribution in [0.1, 0.15) is 52.5 Å². The fourth-order valence-corrected chi connectivity index (χ4v) is 2.57. The van der Waals surface area contributed by atoms with Gasteiger partial charge in [0.2, 0.25) is 11.7 Å². The Balaban J connectivity index is 1.95. The summed E-state index contributed by atoms with van der Waals surface area (Å²) in [5.41, 5.74) is 3.05. The topological polar surface area (TPSA) is 63.3 Å². The summed E-state index contributed by atoms with van der Waals surface area (Å²) in [6.45, 7) is 2.00. The predicted molar refractivity (Wildman–Crippen MR) is 69.4 cm³/mol. The first-order valence-corrected chi connectivity index (χ1v) is 6.51. The standard InChI is InChI=1S/C15H15NO3/c1-2-5-12-13(15(17)18)19-14(16-12)11-8-9-6-3-4-7-10(9)11/h3-4,6-7,11H,2,5,8H2,1H3,(H,17,18). The van der Waals surface area contributed by atoms with E-state index in [9.17, 15) is 4.79 Å². The van der Waals surface area contributed by atoms with E-state index in [0.29, 0.717) is 18.0 Å². The highest BCUT2D eigenvalue weighted by Gasteiger charge is 2.32. The minimum absolute atomic E-state index is 0.00114. The molecule has 1 unspecified atom stereocenters. The lowest BCUT2D eigenvalue weighted by molar-refractivity contribution is 0.0658. The van der Waals surface area contributed by atoms with Gasteiger partial charge in [-0.1, -0.05) is 37.6 Å². The SMILES string of the molecule is CCCc1nc(C2Cc3ccccc32)oc1C(=O)O. The number of oxazole rings is 1. The number of benzene rings is 1. The summed E-state index contributed by atoms with van der Waals surface area (Å²) in [5, 5.41) is 9.14. The number of aryl methyl sites for hydroxylation is 1. The molecule has 0 aliphatic heterocycles. The van der Waals surface area contributed by atoms with E-state index in [-0.39, 0.29) is 11.7 Å². The molecule has 0 radical (unpaired) electrons. The van der Waals surface area contributed by atoms with Crippen molar-refractivity contribution in [2.24, 2.45) is 0 Å². The summed E-state index contributed by atoms with van der Waals surface area (Å²) < 4.78 is 5.48. The van der Waals surface area contributed by atoms with Crippen molar-refractivity contribution in [2.75, 3.05) is 0 Å². The van der Waals surface area contributed by atoms with Crippen LogP contribution in [0.4, 0.5) is 0 Å². The molecule has 0 spiro atoms. The average Bonchev–Trinajstić information content (AvgIpc) is 2.75. The summed E-state index contributed by atoms with van der Waals surface area (Å²) >= 11 is 0. The van der Waals surface area contributed by atoms with Gasteiger partial charge in [0.1, 0.15) is 0 Å². The average molecular weight is 257 g/mol. The van der Waals surface area contributed by atoms with Crippen molar-refractivity contribution >= 4 is 5.97 Å². The summed E-state index contributed by atoms with van der Waals surface area (Å²) in [4.78, 5) is 15.5. The van der Waals surface area contributed by atoms with Crippen molar-refractivity contribution in [3.63, 3.8) is 0 Å². The van der Waals surface area contributed by atoms with Crippen molar-refractivity contribution in [1.29, 1.82) is 0 Å². The van der Waals surface area contributed by atoms with Crippen molar-refractivity contribution in [3.05, 3.63) is 52.7 Å². The van der Waals surface area contributed by atoms with Gasteiger partial charge in [-0.2, -0.15) is 0 Å². The second-order valence-electron chi connectivity index (χ2n) is 4.84. The molecule has 1 aliphatic carbocycles. The third-order valence-corrected chi connectivity index (χ3v) is 3.55. The van der Waals surface area contributed by atoms with Crippen LogP contribution in [0.25, 0.3) is 0 Å². The molecule has 0 amide bonds. The van der Waals surface area contributed by atoms with Gasteiger partial charge in [-0.15, -0.1) is 0 Å². The maximum atomic E-state index is 11.2. The number of fused-ring (bicyclic) bond motifs is 1. The Morgan fingerprint density at radius 3 is 2.95 bits per heavy atom. The second kappa shape index (κ2) is 4.53. The Morgan fingerprint density at radius 1 is 1.47 bits per heavy atom. The monoisotopic (exact) mass is 257 g/mol. The molecule has 1 heterocycles. The van der Waals surface area contributed by atoms with Crippen LogP contribution in [0.2, 0.25) is 0 Å². The highest BCUT2D eigenvalue weighted by Crippen LogP contribution is 2.40. The van der Waals surface area contributed by atoms with E-state index in [1.807, 2.05) is 25.1 Å². The Kier molecular flexibility index (Phi) is 2.85. The normalized spacial score (nSPS) is 16.8. The number of nitrogens with zero attached hydrogens (tertiary/aromatic N) is 1. The molecule has 98 valence electrons. The van der Waals surface area contributed by atoms with E-state index in [1.165, 1.54) is 11.1 Å². The number of carboxylic acids is 1. The number of rotatable bonds is 4. The van der Waals surface area contributed by atoms with Crippen LogP contribution in [0, 0.1) is 0 Å². The number of hydrogen-bond acceptors (Lipinski definition) is 3. The summed E-state index contributed by atoms with van der Waals surface area (Å²) in [6.07, 6.45) is 2.37. The summed E-state index contributed by atoms with van der Waals surface area (Å²) in [6, 6.07) is 8.13. The third-order valence-electron chi connectivity index (χ3n) is 3.55. The molecule has 0 saturated heterocycles. The quantitative estimate of drug-likeness (QED) is 0.914. The number of carbonyl (C=O) groups is 1. The molecule has 0 bridgehead atoms. The Hall–Kier alpha value is -2.10. The number of aromatic carboxylic acids is 1. The zero-order valence-corrected chi connectivity index (χ0v) is 10.7. The van der Waals surface area contributed by atoms with Crippen molar-refractivity contribution in [2.45, 2.75) is 32.1 Å². The van der Waals surface area contributed by atoms with E-state index in [1.54, 1.807) is 0 Å². The van der Waals surface area contributed by atoms with Crippen LogP contribution in [0.5, 0.6) is 0 Å². The van der Waals surface area contributed by atoms with Crippen LogP contribution in [0.15, 0.2) is 28.7 Å². The van der Waals surface area contributed by atoms with Crippen LogP contribution >= 0.6 is 0 Å². The maximum Gasteiger partial charge on any atom is 0.373 e. The molecule has 19 heavy (non-hydrogen) atoms. The highest BCUT2D eigenvalue weighted by atomic mass is 16.4. The van der Waals surface area contributed by atoms with Gasteiger partial charge < -0.3 is 9.52 Å². The Labute approximate surface area is 111 Å². The largest absolute Gasteiger partial charge is 0.475 e. The number of hydrogen-bond donors (Lipinski definition) is 1. The molecule has 4 heteroatoms. The molecular weight excluding hydrogens is 242 g/mol. The van der Waals surface area contributed by atoms with Gasteiger partial charge in [-0.25, -0.2) is 9.78 Å². The summed E-state index contributed by atoms with van der Waals surface area (Å²) in [5.74, 6) is -0.379. The fourth-order valence-electron chi connectivity index (χ4n) is 2.57. The van der Waals surface area contributed by atoms with E-state index in [2.05, 4.69) is 11.1 Å². The minimum atomic E-state index is -1.03. The molecule has 1 N–H and O–H groups in total. The molecule has 4 nitrogen and oxygen atoms in total. The Morgan fingerprint density at radius 2 is 2.26 bits per heavy atom. The van der Waals surface area contributed by atoms with E-state index in [0.717, 1.165) is 12.8 Å². The van der Waals surface area contributed by atoms with Gasteiger partial charge in [-0.3, -0.25) is 0 Å². The molecular formula is C15H15NO3. The zero-order chi connectivity index (χ0) is 13.4. The molecule has 1 aliphatic rings. The van der Waals surface area contributed by atoms with Gasteiger partial charge in [0, 0.05) is 0 Å². The second-order valence-corrected chi connectivity index (χ2v) is 4.84. The molecule has 0 fully saturated rings. The summed E-state index contributed by atoms with van der Waals surface area (Å²) in [7, 11) is 0. The van der Waals surface area contributed by atoms with Crippen LogP contribution in [-0.2, 0) is 12.8 Å². The first kappa shape index (κ1) is 12.0. The Bertz CT molecular complexity index is 630. The van der Waals surface area contributed by atoms with Gasteiger partial charge >= 0.3 is 5.97 Å². The maximum absolute atomic E-state index is 11.2. The lowest BCUT2D eigenvalue weighted by Gasteiger charge is -2.27. The first-order valence-electron chi connectivity index (χ1n) is 6.51. The third kappa shape index (κ3) is 1.93. The van der Waals surface area contributed by atoms with Crippen molar-refractivity contribution in [3.8, 4) is 0 Å². The van der Waals surface area contributed by atoms with Gasteiger partial charge in [0.25, 0.3) is 0 Å². The lowest BCUT2D eigenvalue weighted by Crippen LogP contribution is -2.18. The predicted octanol–water partition coefficient (Wildman–Crippen LogP) is 3.01. The van der Waals surface area contributed by atoms with Crippen molar-refractivity contribution in [1.82, 2.24) is 4.98 Å². The van der Waals surface area contributed by atoms with E-state index >= 15 is 0 Å². The molecule has 0 saturated carbocycles. The fraction of sp³-hybridized carbons (Fsp3) is 0.333. The zero-order valence-electron chi connectivity index (χ0n) is 10.7. The van der Waals surface area contributed by atoms with Crippen molar-refractivity contribution < 1.29 is 14.3 Å². The molecule has 2 aromatic rings. The smallest absolute Gasteiger partial charge is 0.373 e. The van der Waals surface area contributed by atoms with Gasteiger partial charge in [-0.05, 0) is 24.0 Å². The van der Waals surface area contributed by atoms with E-state index in [4.69, 9.17) is 9.52 Å². The molecule has 1 aromatic heterocycles. The van der Waals surface area contributed by atoms with Crippen LogP contribution < -0.4 is 0 Å².